The molecule has 1 heterocycles. The van der Waals surface area contributed by atoms with E-state index in [-0.39, 0.29) is 11.9 Å². The van der Waals surface area contributed by atoms with Crippen LogP contribution in [0.4, 0.5) is 0 Å². The highest BCUT2D eigenvalue weighted by atomic mass is 16.3. The van der Waals surface area contributed by atoms with E-state index in [4.69, 9.17) is 0 Å². The number of nitrogens with zero attached hydrogens (tertiary/aromatic N) is 1. The van der Waals surface area contributed by atoms with E-state index in [1.165, 1.54) is 0 Å². The number of β-amino-alcohol motifs (C(OH)–C–C–N with tert-alkyl or cyclic N) is 1. The largest absolute Gasteiger partial charge is 0.391 e. The summed E-state index contributed by atoms with van der Waals surface area (Å²) in [5.74, 6) is 0.622. The molecule has 0 amide bonds. The molecule has 1 aliphatic carbocycles. The molecule has 2 aliphatic rings. The number of carbonyl (C=O) groups is 1. The van der Waals surface area contributed by atoms with Crippen molar-refractivity contribution in [1.29, 1.82) is 0 Å². The molecule has 1 saturated heterocycles. The van der Waals surface area contributed by atoms with Crippen LogP contribution in [0.2, 0.25) is 0 Å². The Labute approximate surface area is 84.4 Å². The molecule has 1 fully saturated rings. The van der Waals surface area contributed by atoms with Crippen LogP contribution in [0.3, 0.4) is 0 Å². The molecule has 0 bridgehead atoms. The van der Waals surface area contributed by atoms with E-state index in [1.54, 1.807) is 6.08 Å². The topological polar surface area (TPSA) is 40.5 Å². The second-order valence-electron chi connectivity index (χ2n) is 4.38. The quantitative estimate of drug-likeness (QED) is 0.677. The van der Waals surface area contributed by atoms with E-state index in [0.29, 0.717) is 18.9 Å². The summed E-state index contributed by atoms with van der Waals surface area (Å²) >= 11 is 0. The van der Waals surface area contributed by atoms with Gasteiger partial charge in [0.25, 0.3) is 0 Å². The molecule has 0 aromatic carbocycles. The number of hydrogen-bond acceptors (Lipinski definition) is 3. The first-order valence-corrected chi connectivity index (χ1v) is 5.33. The van der Waals surface area contributed by atoms with Crippen LogP contribution in [0.5, 0.6) is 0 Å². The van der Waals surface area contributed by atoms with Crippen molar-refractivity contribution in [3.63, 3.8) is 0 Å². The second kappa shape index (κ2) is 3.73. The SMILES string of the molecule is CC1CCN(C2=CC(=O)CC2)CC1O. The zero-order valence-corrected chi connectivity index (χ0v) is 8.57. The third-order valence-corrected chi connectivity index (χ3v) is 3.28. The average molecular weight is 195 g/mol. The lowest BCUT2D eigenvalue weighted by Crippen LogP contribution is -2.41. The highest BCUT2D eigenvalue weighted by molar-refractivity contribution is 5.92. The number of likely N-dealkylation sites (tertiary alicyclic amines) is 1. The number of rotatable bonds is 1. The molecule has 0 radical (unpaired) electrons. The Morgan fingerprint density at radius 2 is 2.29 bits per heavy atom. The van der Waals surface area contributed by atoms with E-state index in [1.807, 2.05) is 0 Å². The van der Waals surface area contributed by atoms with Crippen molar-refractivity contribution in [1.82, 2.24) is 4.90 Å². The van der Waals surface area contributed by atoms with Gasteiger partial charge in [-0.1, -0.05) is 6.92 Å². The van der Waals surface area contributed by atoms with Gasteiger partial charge >= 0.3 is 0 Å². The highest BCUT2D eigenvalue weighted by Crippen LogP contribution is 2.25. The first-order valence-electron chi connectivity index (χ1n) is 5.33. The minimum atomic E-state index is -0.236. The fourth-order valence-corrected chi connectivity index (χ4v) is 2.14. The van der Waals surface area contributed by atoms with Gasteiger partial charge in [-0.3, -0.25) is 4.79 Å². The minimum absolute atomic E-state index is 0.230. The summed E-state index contributed by atoms with van der Waals surface area (Å²) in [7, 11) is 0. The Kier molecular flexibility index (Phi) is 2.59. The number of piperidine rings is 1. The third-order valence-electron chi connectivity index (χ3n) is 3.28. The number of carbonyl (C=O) groups excluding carboxylic acids is 1. The van der Waals surface area contributed by atoms with E-state index in [0.717, 1.165) is 25.1 Å². The lowest BCUT2D eigenvalue weighted by Gasteiger charge is -2.36. The lowest BCUT2D eigenvalue weighted by atomic mass is 9.95. The normalized spacial score (nSPS) is 33.4. The molecular formula is C11H17NO2. The van der Waals surface area contributed by atoms with Gasteiger partial charge in [0.2, 0.25) is 0 Å². The molecule has 1 N–H and O–H groups in total. The maximum absolute atomic E-state index is 11.1. The van der Waals surface area contributed by atoms with Crippen molar-refractivity contribution in [3.05, 3.63) is 11.8 Å². The van der Waals surface area contributed by atoms with Crippen LogP contribution < -0.4 is 0 Å². The number of aliphatic hydroxyl groups is 1. The molecule has 0 saturated carbocycles. The van der Waals surface area contributed by atoms with Gasteiger partial charge in [0.05, 0.1) is 6.10 Å². The van der Waals surface area contributed by atoms with E-state index in [2.05, 4.69) is 11.8 Å². The summed E-state index contributed by atoms with van der Waals surface area (Å²) in [4.78, 5) is 13.2. The van der Waals surface area contributed by atoms with E-state index >= 15 is 0 Å². The second-order valence-corrected chi connectivity index (χ2v) is 4.38. The van der Waals surface area contributed by atoms with Gasteiger partial charge < -0.3 is 10.0 Å². The van der Waals surface area contributed by atoms with Gasteiger partial charge in [0, 0.05) is 31.3 Å². The van der Waals surface area contributed by atoms with Gasteiger partial charge in [-0.15, -0.1) is 0 Å². The van der Waals surface area contributed by atoms with Gasteiger partial charge in [-0.2, -0.15) is 0 Å². The van der Waals surface area contributed by atoms with Gasteiger partial charge in [-0.25, -0.2) is 0 Å². The number of ketones is 1. The summed E-state index contributed by atoms with van der Waals surface area (Å²) < 4.78 is 0. The molecule has 1 aliphatic heterocycles. The van der Waals surface area contributed by atoms with Gasteiger partial charge in [-0.05, 0) is 18.8 Å². The first-order chi connectivity index (χ1) is 6.66. The summed E-state index contributed by atoms with van der Waals surface area (Å²) in [5.41, 5.74) is 1.13. The molecule has 0 aromatic heterocycles. The smallest absolute Gasteiger partial charge is 0.157 e. The zero-order chi connectivity index (χ0) is 10.1. The molecule has 2 unspecified atom stereocenters. The van der Waals surface area contributed by atoms with E-state index < -0.39 is 0 Å². The summed E-state index contributed by atoms with van der Waals surface area (Å²) in [6, 6.07) is 0. The molecule has 78 valence electrons. The standard InChI is InChI=1S/C11H17NO2/c1-8-4-5-12(7-11(8)14)9-2-3-10(13)6-9/h6,8,11,14H,2-5,7H2,1H3. The van der Waals surface area contributed by atoms with Crippen LogP contribution >= 0.6 is 0 Å². The Bertz CT molecular complexity index is 272. The highest BCUT2D eigenvalue weighted by Gasteiger charge is 2.27. The molecular weight excluding hydrogens is 178 g/mol. The molecule has 2 atom stereocenters. The molecule has 14 heavy (non-hydrogen) atoms. The van der Waals surface area contributed by atoms with Crippen molar-refractivity contribution in [3.8, 4) is 0 Å². The molecule has 2 rings (SSSR count). The predicted molar refractivity (Wildman–Crippen MR) is 53.7 cm³/mol. The maximum Gasteiger partial charge on any atom is 0.157 e. The zero-order valence-electron chi connectivity index (χ0n) is 8.57. The Balaban J connectivity index is 2.00. The van der Waals surface area contributed by atoms with Crippen molar-refractivity contribution in [2.45, 2.75) is 32.3 Å². The molecule has 3 heteroatoms. The number of hydrogen-bond donors (Lipinski definition) is 1. The van der Waals surface area contributed by atoms with E-state index in [9.17, 15) is 9.90 Å². The molecule has 3 nitrogen and oxygen atoms in total. The Morgan fingerprint density at radius 3 is 2.86 bits per heavy atom. The number of allylic oxidation sites excluding steroid dienone is 2. The van der Waals surface area contributed by atoms with Crippen LogP contribution in [0.25, 0.3) is 0 Å². The van der Waals surface area contributed by atoms with Gasteiger partial charge in [0.1, 0.15) is 0 Å². The summed E-state index contributed by atoms with van der Waals surface area (Å²) in [6.07, 6.45) is 4.03. The number of aliphatic hydroxyl groups excluding tert-OH is 1. The van der Waals surface area contributed by atoms with Crippen LogP contribution in [0.1, 0.15) is 26.2 Å². The Morgan fingerprint density at radius 1 is 1.50 bits per heavy atom. The maximum atomic E-state index is 11.1. The minimum Gasteiger partial charge on any atom is -0.391 e. The summed E-state index contributed by atoms with van der Waals surface area (Å²) in [5, 5.41) is 9.72. The van der Waals surface area contributed by atoms with Gasteiger partial charge in [0.15, 0.2) is 5.78 Å². The Hall–Kier alpha value is -0.830. The first kappa shape index (κ1) is 9.71. The lowest BCUT2D eigenvalue weighted by molar-refractivity contribution is -0.114. The average Bonchev–Trinajstić information content (AvgIpc) is 2.57. The fourth-order valence-electron chi connectivity index (χ4n) is 2.14. The molecule has 0 aromatic rings. The molecule has 0 spiro atoms. The van der Waals surface area contributed by atoms with Crippen LogP contribution in [-0.2, 0) is 4.79 Å². The van der Waals surface area contributed by atoms with Crippen molar-refractivity contribution >= 4 is 5.78 Å². The predicted octanol–water partition coefficient (Wildman–Crippen LogP) is 0.936. The van der Waals surface area contributed by atoms with Crippen LogP contribution in [-0.4, -0.2) is 35.0 Å². The third kappa shape index (κ3) is 1.82. The van der Waals surface area contributed by atoms with Crippen LogP contribution in [0.15, 0.2) is 11.8 Å². The van der Waals surface area contributed by atoms with Crippen LogP contribution in [0, 0.1) is 5.92 Å². The monoisotopic (exact) mass is 195 g/mol. The summed E-state index contributed by atoms with van der Waals surface area (Å²) in [6.45, 7) is 3.76. The van der Waals surface area contributed by atoms with Crippen molar-refractivity contribution in [2.24, 2.45) is 5.92 Å². The van der Waals surface area contributed by atoms with Crippen molar-refractivity contribution < 1.29 is 9.90 Å². The van der Waals surface area contributed by atoms with Crippen molar-refractivity contribution in [2.75, 3.05) is 13.1 Å². The fraction of sp³-hybridized carbons (Fsp3) is 0.727.